The molecule has 9 nitrogen and oxygen atoms in total. The Balaban J connectivity index is 4.26. The molecule has 0 heterocycles. The van der Waals surface area contributed by atoms with E-state index in [0.717, 1.165) is 38.5 Å². The number of nitrogens with two attached hydrogens (primary N) is 1. The first-order chi connectivity index (χ1) is 23.8. The number of esters is 2. The van der Waals surface area contributed by atoms with E-state index in [2.05, 4.69) is 32.1 Å². The summed E-state index contributed by atoms with van der Waals surface area (Å²) >= 11 is 0. The summed E-state index contributed by atoms with van der Waals surface area (Å²) in [5.74, 6) is -0.902. The summed E-state index contributed by atoms with van der Waals surface area (Å²) in [7, 11) is -4.38. The number of hydrogen-bond donors (Lipinski definition) is 2. The van der Waals surface area contributed by atoms with Gasteiger partial charge in [0.1, 0.15) is 6.61 Å². The monoisotopic (exact) mass is 716 g/mol. The highest BCUT2D eigenvalue weighted by molar-refractivity contribution is 7.47. The van der Waals surface area contributed by atoms with Gasteiger partial charge in [-0.2, -0.15) is 0 Å². The lowest BCUT2D eigenvalue weighted by atomic mass is 10.1. The molecule has 2 atom stereocenters. The Morgan fingerprint density at radius 3 is 1.53 bits per heavy atom. The fourth-order valence-corrected chi connectivity index (χ4v) is 6.12. The molecular formula is C39H74NO8P. The molecule has 0 aliphatic rings. The molecule has 0 amide bonds. The number of allylic oxidation sites excluding steroid dienone is 4. The molecule has 3 N–H and O–H groups in total. The molecule has 0 aliphatic heterocycles. The maximum Gasteiger partial charge on any atom is 0.472 e. The van der Waals surface area contributed by atoms with Crippen LogP contribution in [0.25, 0.3) is 0 Å². The summed E-state index contributed by atoms with van der Waals surface area (Å²) in [6.45, 7) is 3.66. The van der Waals surface area contributed by atoms with Gasteiger partial charge in [-0.3, -0.25) is 18.6 Å². The van der Waals surface area contributed by atoms with Crippen LogP contribution in [0.2, 0.25) is 0 Å². The normalized spacial score (nSPS) is 13.6. The molecule has 0 saturated carbocycles. The number of carbonyl (C=O) groups excluding carboxylic acids is 2. The molecule has 49 heavy (non-hydrogen) atoms. The maximum absolute atomic E-state index is 12.5. The highest BCUT2D eigenvalue weighted by atomic mass is 31.2. The van der Waals surface area contributed by atoms with Crippen LogP contribution in [0.4, 0.5) is 0 Å². The molecule has 0 aromatic carbocycles. The molecule has 0 bridgehead atoms. The second kappa shape index (κ2) is 36.3. The molecule has 10 heteroatoms. The number of ether oxygens (including phenoxy) is 2. The van der Waals surface area contributed by atoms with Crippen LogP contribution >= 0.6 is 7.82 Å². The Morgan fingerprint density at radius 1 is 0.592 bits per heavy atom. The SMILES string of the molecule is CCCCCCCC/C=C/CCCCCC(=O)OC[C@H](COP(=O)(O)OCCN)OC(=O)CC/C=C/CCCCCCCCCCCCC. The van der Waals surface area contributed by atoms with Crippen molar-refractivity contribution in [2.24, 2.45) is 5.73 Å². The van der Waals surface area contributed by atoms with Crippen molar-refractivity contribution in [3.05, 3.63) is 24.3 Å². The van der Waals surface area contributed by atoms with Gasteiger partial charge in [-0.15, -0.1) is 0 Å². The van der Waals surface area contributed by atoms with Crippen molar-refractivity contribution in [3.63, 3.8) is 0 Å². The predicted octanol–water partition coefficient (Wildman–Crippen LogP) is 10.8. The average Bonchev–Trinajstić information content (AvgIpc) is 3.08. The lowest BCUT2D eigenvalue weighted by Crippen LogP contribution is -2.29. The van der Waals surface area contributed by atoms with Crippen LogP contribution in [-0.2, 0) is 32.7 Å². The van der Waals surface area contributed by atoms with Gasteiger partial charge in [0.15, 0.2) is 6.10 Å². The topological polar surface area (TPSA) is 134 Å². The van der Waals surface area contributed by atoms with E-state index in [1.807, 2.05) is 6.08 Å². The molecule has 0 aromatic rings. The molecule has 0 aliphatic carbocycles. The zero-order valence-electron chi connectivity index (χ0n) is 31.4. The Hall–Kier alpha value is -1.51. The number of carbonyl (C=O) groups is 2. The summed E-state index contributed by atoms with van der Waals surface area (Å²) in [6.07, 6.45) is 36.5. The van der Waals surface area contributed by atoms with Gasteiger partial charge >= 0.3 is 19.8 Å². The largest absolute Gasteiger partial charge is 0.472 e. The molecule has 1 unspecified atom stereocenters. The van der Waals surface area contributed by atoms with Crippen molar-refractivity contribution in [3.8, 4) is 0 Å². The van der Waals surface area contributed by atoms with Gasteiger partial charge in [-0.1, -0.05) is 141 Å². The van der Waals surface area contributed by atoms with E-state index >= 15 is 0 Å². The van der Waals surface area contributed by atoms with Crippen molar-refractivity contribution in [2.75, 3.05) is 26.4 Å². The number of phosphoric ester groups is 1. The zero-order valence-corrected chi connectivity index (χ0v) is 32.3. The van der Waals surface area contributed by atoms with Gasteiger partial charge in [0.05, 0.1) is 13.2 Å². The molecule has 0 radical (unpaired) electrons. The molecule has 0 fully saturated rings. The van der Waals surface area contributed by atoms with Crippen molar-refractivity contribution in [1.82, 2.24) is 0 Å². The third-order valence-corrected chi connectivity index (χ3v) is 9.31. The fourth-order valence-electron chi connectivity index (χ4n) is 5.35. The number of unbranched alkanes of at least 4 members (excludes halogenated alkanes) is 20. The molecule has 0 spiro atoms. The van der Waals surface area contributed by atoms with Crippen LogP contribution in [0.1, 0.15) is 181 Å². The van der Waals surface area contributed by atoms with E-state index in [0.29, 0.717) is 12.8 Å². The van der Waals surface area contributed by atoms with Gasteiger partial charge in [0, 0.05) is 19.4 Å². The van der Waals surface area contributed by atoms with E-state index in [1.165, 1.54) is 103 Å². The highest BCUT2D eigenvalue weighted by Gasteiger charge is 2.25. The fraction of sp³-hybridized carbons (Fsp3) is 0.846. The lowest BCUT2D eigenvalue weighted by Gasteiger charge is -2.19. The van der Waals surface area contributed by atoms with Crippen LogP contribution in [0.5, 0.6) is 0 Å². The van der Waals surface area contributed by atoms with Gasteiger partial charge in [0.2, 0.25) is 0 Å². The van der Waals surface area contributed by atoms with E-state index in [9.17, 15) is 19.0 Å². The second-order valence-corrected chi connectivity index (χ2v) is 14.6. The van der Waals surface area contributed by atoms with Crippen molar-refractivity contribution < 1.29 is 37.6 Å². The van der Waals surface area contributed by atoms with Crippen LogP contribution in [0.3, 0.4) is 0 Å². The average molecular weight is 716 g/mol. The van der Waals surface area contributed by atoms with Crippen LogP contribution < -0.4 is 5.73 Å². The predicted molar refractivity (Wildman–Crippen MR) is 201 cm³/mol. The molecule has 0 rings (SSSR count). The zero-order chi connectivity index (χ0) is 36.1. The summed E-state index contributed by atoms with van der Waals surface area (Å²) < 4.78 is 32.6. The van der Waals surface area contributed by atoms with E-state index in [-0.39, 0.29) is 32.6 Å². The third kappa shape index (κ3) is 36.1. The minimum atomic E-state index is -4.38. The Labute approximate surface area is 300 Å². The Kier molecular flexibility index (Phi) is 35.2. The second-order valence-electron chi connectivity index (χ2n) is 13.1. The highest BCUT2D eigenvalue weighted by Crippen LogP contribution is 2.43. The van der Waals surface area contributed by atoms with Crippen LogP contribution in [0, 0.1) is 0 Å². The van der Waals surface area contributed by atoms with Crippen LogP contribution in [0.15, 0.2) is 24.3 Å². The Morgan fingerprint density at radius 2 is 1.04 bits per heavy atom. The number of hydrogen-bond acceptors (Lipinski definition) is 8. The van der Waals surface area contributed by atoms with Crippen molar-refractivity contribution >= 4 is 19.8 Å². The minimum absolute atomic E-state index is 0.0478. The van der Waals surface area contributed by atoms with Gasteiger partial charge in [-0.05, 0) is 51.4 Å². The van der Waals surface area contributed by atoms with Crippen molar-refractivity contribution in [2.45, 2.75) is 187 Å². The third-order valence-electron chi connectivity index (χ3n) is 8.32. The van der Waals surface area contributed by atoms with E-state index in [1.54, 1.807) is 0 Å². The summed E-state index contributed by atoms with van der Waals surface area (Å²) in [5.41, 5.74) is 5.33. The molecular weight excluding hydrogens is 641 g/mol. The quantitative estimate of drug-likeness (QED) is 0.0279. The standard InChI is InChI=1S/C39H74NO8P/c1-3-5-7-9-11-13-15-17-18-20-22-24-26-28-30-32-39(42)48-37(36-47-49(43,44)46-34-33-40)35-45-38(41)31-29-27-25-23-21-19-16-14-12-10-8-6-4-2/h19,21,26,28,37H,3-18,20,22-25,27,29-36,40H2,1-2H3,(H,43,44)/b21-19+,28-26+/t37-/m1/s1. The molecule has 0 aromatic heterocycles. The molecule has 288 valence electrons. The molecule has 0 saturated heterocycles. The summed E-state index contributed by atoms with van der Waals surface area (Å²) in [5, 5.41) is 0. The van der Waals surface area contributed by atoms with E-state index < -0.39 is 32.5 Å². The van der Waals surface area contributed by atoms with Gasteiger partial charge in [0.25, 0.3) is 0 Å². The smallest absolute Gasteiger partial charge is 0.462 e. The van der Waals surface area contributed by atoms with Gasteiger partial charge in [-0.25, -0.2) is 4.57 Å². The first-order valence-corrected chi connectivity index (χ1v) is 21.3. The summed E-state index contributed by atoms with van der Waals surface area (Å²) in [6, 6.07) is 0. The number of phosphoric acid groups is 1. The van der Waals surface area contributed by atoms with Crippen molar-refractivity contribution in [1.29, 1.82) is 0 Å². The van der Waals surface area contributed by atoms with Gasteiger partial charge < -0.3 is 20.1 Å². The van der Waals surface area contributed by atoms with E-state index in [4.69, 9.17) is 24.3 Å². The maximum atomic E-state index is 12.5. The first-order valence-electron chi connectivity index (χ1n) is 19.8. The number of rotatable bonds is 37. The first kappa shape index (κ1) is 47.5. The Bertz CT molecular complexity index is 866. The van der Waals surface area contributed by atoms with Crippen LogP contribution in [-0.4, -0.2) is 49.3 Å². The summed E-state index contributed by atoms with van der Waals surface area (Å²) in [4.78, 5) is 34.7. The minimum Gasteiger partial charge on any atom is -0.462 e. The lowest BCUT2D eigenvalue weighted by molar-refractivity contribution is -0.161.